The van der Waals surface area contributed by atoms with E-state index in [1.807, 2.05) is 0 Å². The highest BCUT2D eigenvalue weighted by molar-refractivity contribution is 5.87. The van der Waals surface area contributed by atoms with E-state index >= 15 is 0 Å². The topological polar surface area (TPSA) is 94.2 Å². The third-order valence-electron chi connectivity index (χ3n) is 2.41. The molecule has 0 saturated carbocycles. The van der Waals surface area contributed by atoms with E-state index in [4.69, 9.17) is 9.47 Å². The van der Waals surface area contributed by atoms with Crippen LogP contribution in [0.25, 0.3) is 11.0 Å². The lowest BCUT2D eigenvalue weighted by Gasteiger charge is -2.05. The minimum Gasteiger partial charge on any atom is -0.462 e. The molecule has 0 aliphatic rings. The molecule has 0 atom stereocenters. The Hall–Kier alpha value is -2.70. The fraction of sp³-hybridized carbons (Fsp3) is 0.231. The maximum Gasteiger partial charge on any atom is 0.333 e. The van der Waals surface area contributed by atoms with Gasteiger partial charge in [-0.3, -0.25) is 4.79 Å². The van der Waals surface area contributed by atoms with Gasteiger partial charge in [-0.2, -0.15) is 15.4 Å². The summed E-state index contributed by atoms with van der Waals surface area (Å²) in [6, 6.07) is 4.89. The Bertz CT molecular complexity index is 662. The number of fused-ring (bicyclic) bond motifs is 1. The lowest BCUT2D eigenvalue weighted by atomic mass is 10.3. The highest BCUT2D eigenvalue weighted by Gasteiger charge is 2.09. The summed E-state index contributed by atoms with van der Waals surface area (Å²) >= 11 is 0. The summed E-state index contributed by atoms with van der Waals surface area (Å²) in [6.07, 6.45) is -0.0319. The largest absolute Gasteiger partial charge is 0.462 e. The summed E-state index contributed by atoms with van der Waals surface area (Å²) in [5.41, 5.74) is 1.57. The molecule has 0 spiro atoms. The highest BCUT2D eigenvalue weighted by Crippen LogP contribution is 2.17. The molecular weight excluding hydrogens is 262 g/mol. The van der Waals surface area contributed by atoms with E-state index in [0.717, 1.165) is 0 Å². The van der Waals surface area contributed by atoms with Crippen molar-refractivity contribution in [1.29, 1.82) is 0 Å². The molecule has 2 rings (SSSR count). The van der Waals surface area contributed by atoms with Gasteiger partial charge in [0.05, 0.1) is 6.42 Å². The molecule has 0 bridgehead atoms. The first kappa shape index (κ1) is 13.7. The van der Waals surface area contributed by atoms with Crippen LogP contribution in [0.15, 0.2) is 30.4 Å². The van der Waals surface area contributed by atoms with Gasteiger partial charge in [0.15, 0.2) is 0 Å². The molecule has 20 heavy (non-hydrogen) atoms. The lowest BCUT2D eigenvalue weighted by Crippen LogP contribution is -2.14. The average molecular weight is 275 g/mol. The molecule has 2 aromatic rings. The minimum absolute atomic E-state index is 0.0319. The number of carbonyl (C=O) groups excluding carboxylic acids is 2. The number of ether oxygens (including phenoxy) is 2. The van der Waals surface area contributed by atoms with E-state index in [-0.39, 0.29) is 18.6 Å². The first-order valence-corrected chi connectivity index (χ1v) is 5.90. The monoisotopic (exact) mass is 275 g/mol. The van der Waals surface area contributed by atoms with Crippen LogP contribution in [0, 0.1) is 0 Å². The number of esters is 2. The Morgan fingerprint density at radius 3 is 2.80 bits per heavy atom. The molecule has 7 nitrogen and oxygen atoms in total. The van der Waals surface area contributed by atoms with E-state index < -0.39 is 11.9 Å². The molecule has 0 saturated heterocycles. The zero-order chi connectivity index (χ0) is 14.5. The third-order valence-corrected chi connectivity index (χ3v) is 2.41. The number of carbonyl (C=O) groups is 2. The van der Waals surface area contributed by atoms with Gasteiger partial charge < -0.3 is 9.47 Å². The standard InChI is InChI=1S/C13H13N3O4/c1-8(2)13(18)19-6-5-12(17)20-9-3-4-10-11(7-9)15-16-14-10/h3-4,7H,1,5-6H2,2H3,(H,14,15,16). The molecule has 1 N–H and O–H groups in total. The van der Waals surface area contributed by atoms with Gasteiger partial charge in [0.2, 0.25) is 0 Å². The number of hydrogen-bond acceptors (Lipinski definition) is 6. The van der Waals surface area contributed by atoms with Crippen molar-refractivity contribution in [1.82, 2.24) is 15.4 Å². The Balaban J connectivity index is 1.85. The first-order chi connectivity index (χ1) is 9.56. The molecule has 0 amide bonds. The Morgan fingerprint density at radius 1 is 1.30 bits per heavy atom. The zero-order valence-corrected chi connectivity index (χ0v) is 10.9. The van der Waals surface area contributed by atoms with Crippen LogP contribution in [-0.4, -0.2) is 34.0 Å². The van der Waals surface area contributed by atoms with E-state index in [1.165, 1.54) is 6.92 Å². The highest BCUT2D eigenvalue weighted by atomic mass is 16.5. The fourth-order valence-corrected chi connectivity index (χ4v) is 1.42. The predicted octanol–water partition coefficient (Wildman–Crippen LogP) is 1.37. The van der Waals surface area contributed by atoms with Crippen molar-refractivity contribution in [3.63, 3.8) is 0 Å². The smallest absolute Gasteiger partial charge is 0.333 e. The number of hydrogen-bond donors (Lipinski definition) is 1. The van der Waals surface area contributed by atoms with Crippen molar-refractivity contribution < 1.29 is 19.1 Å². The third kappa shape index (κ3) is 3.41. The molecule has 104 valence electrons. The molecule has 0 fully saturated rings. The minimum atomic E-state index is -0.526. The number of nitrogens with one attached hydrogen (secondary N) is 1. The predicted molar refractivity (Wildman–Crippen MR) is 69.9 cm³/mol. The van der Waals surface area contributed by atoms with Crippen molar-refractivity contribution in [3.8, 4) is 5.75 Å². The van der Waals surface area contributed by atoms with Gasteiger partial charge in [-0.15, -0.1) is 0 Å². The van der Waals surface area contributed by atoms with Gasteiger partial charge in [0, 0.05) is 11.6 Å². The van der Waals surface area contributed by atoms with Crippen LogP contribution in [0.4, 0.5) is 0 Å². The molecular formula is C13H13N3O4. The van der Waals surface area contributed by atoms with Gasteiger partial charge in [-0.25, -0.2) is 4.79 Å². The van der Waals surface area contributed by atoms with E-state index in [0.29, 0.717) is 16.8 Å². The van der Waals surface area contributed by atoms with Crippen molar-refractivity contribution in [2.24, 2.45) is 0 Å². The number of aromatic nitrogens is 3. The number of benzene rings is 1. The molecule has 1 aromatic carbocycles. The summed E-state index contributed by atoms with van der Waals surface area (Å²) in [5.74, 6) is -0.660. The van der Waals surface area contributed by atoms with E-state index in [9.17, 15) is 9.59 Å². The van der Waals surface area contributed by atoms with Gasteiger partial charge in [-0.05, 0) is 19.1 Å². The van der Waals surface area contributed by atoms with Crippen LogP contribution in [0.3, 0.4) is 0 Å². The zero-order valence-electron chi connectivity index (χ0n) is 10.9. The number of H-pyrrole nitrogens is 1. The van der Waals surface area contributed by atoms with Crippen LogP contribution < -0.4 is 4.74 Å². The molecule has 0 radical (unpaired) electrons. The second-order valence-electron chi connectivity index (χ2n) is 4.11. The number of nitrogens with zero attached hydrogens (tertiary/aromatic N) is 2. The second kappa shape index (κ2) is 5.96. The molecule has 7 heteroatoms. The first-order valence-electron chi connectivity index (χ1n) is 5.90. The van der Waals surface area contributed by atoms with Crippen LogP contribution in [0.1, 0.15) is 13.3 Å². The maximum absolute atomic E-state index is 11.6. The van der Waals surface area contributed by atoms with Gasteiger partial charge in [0.25, 0.3) is 0 Å². The molecule has 1 aromatic heterocycles. The Morgan fingerprint density at radius 2 is 2.05 bits per heavy atom. The summed E-state index contributed by atoms with van der Waals surface area (Å²) in [7, 11) is 0. The van der Waals surface area contributed by atoms with Crippen molar-refractivity contribution >= 4 is 23.0 Å². The quantitative estimate of drug-likeness (QED) is 0.503. The van der Waals surface area contributed by atoms with E-state index in [2.05, 4.69) is 22.0 Å². The van der Waals surface area contributed by atoms with Gasteiger partial charge in [0.1, 0.15) is 23.4 Å². The van der Waals surface area contributed by atoms with Crippen LogP contribution in [0.5, 0.6) is 5.75 Å². The summed E-state index contributed by atoms with van der Waals surface area (Å²) in [6.45, 7) is 4.93. The van der Waals surface area contributed by atoms with Crippen LogP contribution >= 0.6 is 0 Å². The summed E-state index contributed by atoms with van der Waals surface area (Å²) < 4.78 is 9.90. The molecule has 1 heterocycles. The summed E-state index contributed by atoms with van der Waals surface area (Å²) in [5, 5.41) is 10.2. The van der Waals surface area contributed by atoms with Crippen molar-refractivity contribution in [3.05, 3.63) is 30.4 Å². The Kier molecular flexibility index (Phi) is 4.09. The Labute approximate surface area is 114 Å². The lowest BCUT2D eigenvalue weighted by molar-refractivity contribution is -0.142. The number of rotatable bonds is 5. The van der Waals surface area contributed by atoms with Gasteiger partial charge >= 0.3 is 11.9 Å². The van der Waals surface area contributed by atoms with Crippen LogP contribution in [0.2, 0.25) is 0 Å². The second-order valence-corrected chi connectivity index (χ2v) is 4.11. The molecule has 0 aliphatic carbocycles. The van der Waals surface area contributed by atoms with Crippen LogP contribution in [-0.2, 0) is 14.3 Å². The maximum atomic E-state index is 11.6. The number of aromatic amines is 1. The average Bonchev–Trinajstić information content (AvgIpc) is 2.85. The van der Waals surface area contributed by atoms with Crippen molar-refractivity contribution in [2.75, 3.05) is 6.61 Å². The van der Waals surface area contributed by atoms with E-state index in [1.54, 1.807) is 18.2 Å². The molecule has 0 aliphatic heterocycles. The van der Waals surface area contributed by atoms with Crippen molar-refractivity contribution in [2.45, 2.75) is 13.3 Å². The normalized spacial score (nSPS) is 10.2. The SMILES string of the molecule is C=C(C)C(=O)OCCC(=O)Oc1ccc2n[nH]nc2c1. The fourth-order valence-electron chi connectivity index (χ4n) is 1.42. The summed E-state index contributed by atoms with van der Waals surface area (Å²) in [4.78, 5) is 22.7. The molecule has 0 unspecified atom stereocenters. The van der Waals surface area contributed by atoms with Gasteiger partial charge in [-0.1, -0.05) is 6.58 Å².